The van der Waals surface area contributed by atoms with Crippen LogP contribution in [0.4, 0.5) is 0 Å². The van der Waals surface area contributed by atoms with Crippen molar-refractivity contribution in [3.8, 4) is 11.5 Å². The maximum absolute atomic E-state index is 5.42. The third kappa shape index (κ3) is 3.13. The number of ether oxygens (including phenoxy) is 2. The number of rotatable bonds is 0. The predicted octanol–water partition coefficient (Wildman–Crippen LogP) is 4.02. The van der Waals surface area contributed by atoms with E-state index >= 15 is 0 Å². The molecule has 0 spiro atoms. The molecular formula is C18H20O2. The average Bonchev–Trinajstić information content (AvgIpc) is 2.56. The van der Waals surface area contributed by atoms with E-state index in [4.69, 9.17) is 9.47 Å². The number of benzene rings is 2. The molecule has 4 rings (SSSR count). The van der Waals surface area contributed by atoms with Gasteiger partial charge in [-0.3, -0.25) is 0 Å². The summed E-state index contributed by atoms with van der Waals surface area (Å²) < 4.78 is 10.8. The first-order valence-electron chi connectivity index (χ1n) is 7.35. The van der Waals surface area contributed by atoms with E-state index in [-0.39, 0.29) is 0 Å². The SMILES string of the molecule is c1ccc2c(c1)CCCO2.c1ccc2c(c1)CCCO2. The van der Waals surface area contributed by atoms with Gasteiger partial charge in [0.05, 0.1) is 13.2 Å². The fourth-order valence-corrected chi connectivity index (χ4v) is 2.59. The number of fused-ring (bicyclic) bond motifs is 2. The lowest BCUT2D eigenvalue weighted by atomic mass is 10.1. The number of hydrogen-bond acceptors (Lipinski definition) is 2. The molecule has 0 saturated heterocycles. The minimum Gasteiger partial charge on any atom is -0.493 e. The Morgan fingerprint density at radius 1 is 0.600 bits per heavy atom. The molecule has 104 valence electrons. The van der Waals surface area contributed by atoms with Gasteiger partial charge in [0.1, 0.15) is 11.5 Å². The highest BCUT2D eigenvalue weighted by Gasteiger charge is 2.07. The quantitative estimate of drug-likeness (QED) is 0.718. The van der Waals surface area contributed by atoms with Crippen LogP contribution < -0.4 is 9.47 Å². The van der Waals surface area contributed by atoms with Crippen molar-refractivity contribution in [2.75, 3.05) is 13.2 Å². The predicted molar refractivity (Wildman–Crippen MR) is 80.5 cm³/mol. The van der Waals surface area contributed by atoms with E-state index in [1.165, 1.54) is 24.0 Å². The molecule has 0 aliphatic carbocycles. The van der Waals surface area contributed by atoms with Gasteiger partial charge in [-0.15, -0.1) is 0 Å². The second-order valence-corrected chi connectivity index (χ2v) is 5.12. The molecule has 2 heteroatoms. The summed E-state index contributed by atoms with van der Waals surface area (Å²) in [7, 11) is 0. The summed E-state index contributed by atoms with van der Waals surface area (Å²) in [5, 5.41) is 0. The first-order valence-corrected chi connectivity index (χ1v) is 7.35. The van der Waals surface area contributed by atoms with Gasteiger partial charge in [-0.1, -0.05) is 36.4 Å². The monoisotopic (exact) mass is 268 g/mol. The van der Waals surface area contributed by atoms with E-state index in [0.29, 0.717) is 0 Å². The van der Waals surface area contributed by atoms with Crippen LogP contribution in [0.5, 0.6) is 11.5 Å². The first kappa shape index (κ1) is 13.0. The third-order valence-corrected chi connectivity index (χ3v) is 3.64. The fraction of sp³-hybridized carbons (Fsp3) is 0.333. The number of hydrogen-bond donors (Lipinski definition) is 0. The van der Waals surface area contributed by atoms with E-state index in [0.717, 1.165) is 37.6 Å². The Morgan fingerprint density at radius 2 is 1.05 bits per heavy atom. The summed E-state index contributed by atoms with van der Waals surface area (Å²) in [5.41, 5.74) is 2.71. The molecule has 0 amide bonds. The second-order valence-electron chi connectivity index (χ2n) is 5.12. The van der Waals surface area contributed by atoms with Gasteiger partial charge in [-0.2, -0.15) is 0 Å². The summed E-state index contributed by atoms with van der Waals surface area (Å²) in [4.78, 5) is 0. The van der Waals surface area contributed by atoms with Gasteiger partial charge in [0.25, 0.3) is 0 Å². The zero-order valence-corrected chi connectivity index (χ0v) is 11.7. The van der Waals surface area contributed by atoms with Crippen molar-refractivity contribution in [3.63, 3.8) is 0 Å². The summed E-state index contributed by atoms with van der Waals surface area (Å²) in [6, 6.07) is 16.5. The van der Waals surface area contributed by atoms with Crippen molar-refractivity contribution < 1.29 is 9.47 Å². The lowest BCUT2D eigenvalue weighted by Crippen LogP contribution is -2.07. The van der Waals surface area contributed by atoms with E-state index in [2.05, 4.69) is 24.3 Å². The number of aryl methyl sites for hydroxylation is 2. The average molecular weight is 268 g/mol. The van der Waals surface area contributed by atoms with Gasteiger partial charge in [-0.25, -0.2) is 0 Å². The molecule has 0 N–H and O–H groups in total. The van der Waals surface area contributed by atoms with E-state index in [1.54, 1.807) is 0 Å². The molecule has 2 aromatic rings. The molecule has 0 radical (unpaired) electrons. The zero-order chi connectivity index (χ0) is 13.6. The van der Waals surface area contributed by atoms with Crippen molar-refractivity contribution in [3.05, 3.63) is 59.7 Å². The Kier molecular flexibility index (Phi) is 4.22. The molecule has 20 heavy (non-hydrogen) atoms. The minimum absolute atomic E-state index is 0.886. The fourth-order valence-electron chi connectivity index (χ4n) is 2.59. The molecule has 0 unspecified atom stereocenters. The summed E-state index contributed by atoms with van der Waals surface area (Å²) in [6.45, 7) is 1.77. The maximum Gasteiger partial charge on any atom is 0.122 e. The Morgan fingerprint density at radius 3 is 1.50 bits per heavy atom. The van der Waals surface area contributed by atoms with E-state index in [1.807, 2.05) is 24.3 Å². The van der Waals surface area contributed by atoms with Crippen molar-refractivity contribution >= 4 is 0 Å². The van der Waals surface area contributed by atoms with Crippen LogP contribution in [-0.2, 0) is 12.8 Å². The normalized spacial score (nSPS) is 15.6. The smallest absolute Gasteiger partial charge is 0.122 e. The van der Waals surface area contributed by atoms with Crippen LogP contribution in [0.25, 0.3) is 0 Å². The van der Waals surface area contributed by atoms with Crippen molar-refractivity contribution in [2.24, 2.45) is 0 Å². The van der Waals surface area contributed by atoms with Crippen molar-refractivity contribution in [1.82, 2.24) is 0 Å². The van der Waals surface area contributed by atoms with Crippen LogP contribution in [-0.4, -0.2) is 13.2 Å². The Bertz CT molecular complexity index is 461. The first-order chi connectivity index (χ1) is 9.93. The Labute approximate surface area is 120 Å². The molecule has 2 heterocycles. The van der Waals surface area contributed by atoms with Crippen LogP contribution in [0.3, 0.4) is 0 Å². The Hall–Kier alpha value is -1.96. The van der Waals surface area contributed by atoms with Crippen LogP contribution in [0, 0.1) is 0 Å². The summed E-state index contributed by atoms with van der Waals surface area (Å²) in [5.74, 6) is 2.16. The lowest BCUT2D eigenvalue weighted by molar-refractivity contribution is 0.288. The standard InChI is InChI=1S/2C9H10O/c2*1-2-6-9-8(4-1)5-3-7-10-9/h2*1-2,4,6H,3,5,7H2. The highest BCUT2D eigenvalue weighted by atomic mass is 16.5. The summed E-state index contributed by atoms with van der Waals surface area (Å²) >= 11 is 0. The molecule has 2 nitrogen and oxygen atoms in total. The van der Waals surface area contributed by atoms with Gasteiger partial charge in [-0.05, 0) is 48.9 Å². The summed E-state index contributed by atoms with van der Waals surface area (Å²) in [6.07, 6.45) is 4.68. The van der Waals surface area contributed by atoms with Gasteiger partial charge in [0, 0.05) is 0 Å². The van der Waals surface area contributed by atoms with Crippen LogP contribution in [0.2, 0.25) is 0 Å². The second kappa shape index (κ2) is 6.47. The van der Waals surface area contributed by atoms with Crippen LogP contribution in [0.1, 0.15) is 24.0 Å². The van der Waals surface area contributed by atoms with E-state index in [9.17, 15) is 0 Å². The minimum atomic E-state index is 0.886. The largest absolute Gasteiger partial charge is 0.493 e. The molecule has 0 saturated carbocycles. The van der Waals surface area contributed by atoms with Crippen molar-refractivity contribution in [1.29, 1.82) is 0 Å². The molecule has 0 bridgehead atoms. The van der Waals surface area contributed by atoms with E-state index < -0.39 is 0 Å². The van der Waals surface area contributed by atoms with Gasteiger partial charge in [0.15, 0.2) is 0 Å². The maximum atomic E-state index is 5.42. The molecule has 2 aromatic carbocycles. The molecular weight excluding hydrogens is 248 g/mol. The number of para-hydroxylation sites is 2. The molecule has 0 aromatic heterocycles. The van der Waals surface area contributed by atoms with Gasteiger partial charge in [0.2, 0.25) is 0 Å². The van der Waals surface area contributed by atoms with Crippen molar-refractivity contribution in [2.45, 2.75) is 25.7 Å². The topological polar surface area (TPSA) is 18.5 Å². The molecule has 0 atom stereocenters. The highest BCUT2D eigenvalue weighted by Crippen LogP contribution is 2.23. The van der Waals surface area contributed by atoms with Gasteiger partial charge < -0.3 is 9.47 Å². The van der Waals surface area contributed by atoms with Crippen LogP contribution >= 0.6 is 0 Å². The third-order valence-electron chi connectivity index (χ3n) is 3.64. The lowest BCUT2D eigenvalue weighted by Gasteiger charge is -2.15. The molecule has 2 aliphatic rings. The molecule has 0 fully saturated rings. The van der Waals surface area contributed by atoms with Crippen LogP contribution in [0.15, 0.2) is 48.5 Å². The molecule has 2 aliphatic heterocycles. The Balaban J connectivity index is 0.000000121. The highest BCUT2D eigenvalue weighted by molar-refractivity contribution is 5.35. The van der Waals surface area contributed by atoms with Gasteiger partial charge >= 0.3 is 0 Å². The zero-order valence-electron chi connectivity index (χ0n) is 11.7.